The van der Waals surface area contributed by atoms with E-state index in [0.717, 1.165) is 12.8 Å². The van der Waals surface area contributed by atoms with Crippen LogP contribution in [0.2, 0.25) is 16.6 Å². The molecule has 0 aliphatic heterocycles. The van der Waals surface area contributed by atoms with E-state index in [1.165, 1.54) is 5.57 Å². The van der Waals surface area contributed by atoms with Crippen LogP contribution in [-0.4, -0.2) is 14.4 Å². The third kappa shape index (κ3) is 5.43. The monoisotopic (exact) mass is 284 g/mol. The molecule has 1 unspecified atom stereocenters. The first-order valence-corrected chi connectivity index (χ1v) is 10.1. The van der Waals surface area contributed by atoms with Crippen LogP contribution in [0.1, 0.15) is 75.2 Å². The molecule has 0 fully saturated rings. The molecule has 0 amide bonds. The van der Waals surface area contributed by atoms with Gasteiger partial charge in [0.2, 0.25) is 8.32 Å². The minimum atomic E-state index is -1.69. The van der Waals surface area contributed by atoms with Gasteiger partial charge in [-0.3, -0.25) is 0 Å². The molecule has 1 nitrogen and oxygen atoms in total. The van der Waals surface area contributed by atoms with Crippen LogP contribution < -0.4 is 0 Å². The highest BCUT2D eigenvalue weighted by Gasteiger charge is 2.45. The van der Waals surface area contributed by atoms with E-state index in [9.17, 15) is 0 Å². The van der Waals surface area contributed by atoms with Crippen molar-refractivity contribution in [1.82, 2.24) is 0 Å². The second-order valence-electron chi connectivity index (χ2n) is 7.10. The highest BCUT2D eigenvalue weighted by molar-refractivity contribution is 6.77. The summed E-state index contributed by atoms with van der Waals surface area (Å²) in [5.41, 5.74) is 3.45. The summed E-state index contributed by atoms with van der Waals surface area (Å²) < 4.78 is 6.71. The van der Waals surface area contributed by atoms with Crippen LogP contribution in [0.4, 0.5) is 0 Å². The van der Waals surface area contributed by atoms with E-state index in [0.29, 0.717) is 22.7 Å². The molecule has 114 valence electrons. The lowest BCUT2D eigenvalue weighted by atomic mass is 10.2. The maximum Gasteiger partial charge on any atom is 0.200 e. The molecule has 1 atom stereocenters. The van der Waals surface area contributed by atoms with Crippen LogP contribution in [0.25, 0.3) is 0 Å². The molecule has 0 spiro atoms. The Bertz CT molecular complexity index is 253. The molecule has 0 radical (unpaired) electrons. The number of hydrogen-bond donors (Lipinski definition) is 0. The second kappa shape index (κ2) is 8.26. The summed E-state index contributed by atoms with van der Waals surface area (Å²) in [7, 11) is -1.69. The first-order valence-electron chi connectivity index (χ1n) is 7.95. The fourth-order valence-corrected chi connectivity index (χ4v) is 9.05. The van der Waals surface area contributed by atoms with Crippen molar-refractivity contribution in [3.8, 4) is 0 Å². The Kier molecular flexibility index (Phi) is 8.22. The Hall–Kier alpha value is -0.0831. The van der Waals surface area contributed by atoms with E-state index in [-0.39, 0.29) is 0 Å². The molecule has 0 rings (SSSR count). The minimum Gasteiger partial charge on any atom is -0.413 e. The summed E-state index contributed by atoms with van der Waals surface area (Å²) in [6.45, 7) is 20.7. The predicted octanol–water partition coefficient (Wildman–Crippen LogP) is 6.31. The lowest BCUT2D eigenvalue weighted by molar-refractivity contribution is 0.183. The summed E-state index contributed by atoms with van der Waals surface area (Å²) in [4.78, 5) is 0. The minimum absolute atomic E-state index is 0.384. The maximum atomic E-state index is 6.71. The molecule has 0 saturated heterocycles. The zero-order valence-electron chi connectivity index (χ0n) is 14.7. The first-order chi connectivity index (χ1) is 8.64. The molecule has 0 N–H and O–H groups in total. The quantitative estimate of drug-likeness (QED) is 0.374. The Morgan fingerprint density at radius 2 is 1.32 bits per heavy atom. The van der Waals surface area contributed by atoms with E-state index < -0.39 is 8.32 Å². The van der Waals surface area contributed by atoms with Crippen LogP contribution in [0.15, 0.2) is 11.6 Å². The Morgan fingerprint density at radius 1 is 0.895 bits per heavy atom. The van der Waals surface area contributed by atoms with Crippen LogP contribution in [-0.2, 0) is 4.43 Å². The van der Waals surface area contributed by atoms with Gasteiger partial charge in [-0.25, -0.2) is 0 Å². The van der Waals surface area contributed by atoms with Crippen molar-refractivity contribution >= 4 is 8.32 Å². The van der Waals surface area contributed by atoms with Gasteiger partial charge in [0, 0.05) is 6.10 Å². The zero-order valence-corrected chi connectivity index (χ0v) is 15.7. The lowest BCUT2D eigenvalue weighted by Gasteiger charge is -2.44. The molecule has 0 aromatic rings. The summed E-state index contributed by atoms with van der Waals surface area (Å²) >= 11 is 0. The molecular formula is C17H36OSi. The molecule has 0 saturated carbocycles. The van der Waals surface area contributed by atoms with Gasteiger partial charge in [-0.1, -0.05) is 53.2 Å². The van der Waals surface area contributed by atoms with Gasteiger partial charge in [0.1, 0.15) is 0 Å². The summed E-state index contributed by atoms with van der Waals surface area (Å²) in [5, 5.41) is 0. The van der Waals surface area contributed by atoms with Gasteiger partial charge in [0.05, 0.1) is 0 Å². The van der Waals surface area contributed by atoms with Gasteiger partial charge in [0.15, 0.2) is 0 Å². The fraction of sp³-hybridized carbons (Fsp3) is 0.882. The average molecular weight is 285 g/mol. The number of hydrogen-bond acceptors (Lipinski definition) is 1. The van der Waals surface area contributed by atoms with Gasteiger partial charge >= 0.3 is 0 Å². The third-order valence-corrected chi connectivity index (χ3v) is 10.5. The highest BCUT2D eigenvalue weighted by Crippen LogP contribution is 2.43. The normalized spacial score (nSPS) is 14.3. The molecule has 0 aliphatic rings. The van der Waals surface area contributed by atoms with Gasteiger partial charge in [-0.05, 0) is 50.2 Å². The topological polar surface area (TPSA) is 9.23 Å². The van der Waals surface area contributed by atoms with Gasteiger partial charge < -0.3 is 4.43 Å². The SMILES string of the molecule is CC(C)=CCCC(C)O[Si](C(C)C)(C(C)C)C(C)C. The molecule has 0 aromatic heterocycles. The van der Waals surface area contributed by atoms with E-state index in [1.807, 2.05) is 0 Å². The molecule has 0 aliphatic carbocycles. The number of rotatable bonds is 8. The Balaban J connectivity index is 4.78. The fourth-order valence-electron chi connectivity index (χ4n) is 3.42. The highest BCUT2D eigenvalue weighted by atomic mass is 28.4. The Labute approximate surface area is 123 Å². The van der Waals surface area contributed by atoms with Gasteiger partial charge in [-0.2, -0.15) is 0 Å². The van der Waals surface area contributed by atoms with Crippen molar-refractivity contribution in [2.24, 2.45) is 0 Å². The number of allylic oxidation sites excluding steroid dienone is 2. The van der Waals surface area contributed by atoms with E-state index in [2.05, 4.69) is 68.4 Å². The van der Waals surface area contributed by atoms with Crippen molar-refractivity contribution < 1.29 is 4.43 Å². The largest absolute Gasteiger partial charge is 0.413 e. The van der Waals surface area contributed by atoms with Crippen LogP contribution >= 0.6 is 0 Å². The molecule has 0 heterocycles. The standard InChI is InChI=1S/C17H36OSi/c1-13(2)11-10-12-17(9)18-19(14(3)4,15(5)6)16(7)8/h11,14-17H,10,12H2,1-9H3. The average Bonchev–Trinajstić information content (AvgIpc) is 2.23. The lowest BCUT2D eigenvalue weighted by Crippen LogP contribution is -2.49. The van der Waals surface area contributed by atoms with Crippen LogP contribution in [0.5, 0.6) is 0 Å². The van der Waals surface area contributed by atoms with E-state index in [4.69, 9.17) is 4.43 Å². The maximum absolute atomic E-state index is 6.71. The van der Waals surface area contributed by atoms with E-state index >= 15 is 0 Å². The summed E-state index contributed by atoms with van der Waals surface area (Å²) in [6.07, 6.45) is 4.99. The Morgan fingerprint density at radius 3 is 1.63 bits per heavy atom. The van der Waals surface area contributed by atoms with Gasteiger partial charge in [-0.15, -0.1) is 0 Å². The molecule has 0 bridgehead atoms. The van der Waals surface area contributed by atoms with Gasteiger partial charge in [0.25, 0.3) is 0 Å². The molecule has 2 heteroatoms. The summed E-state index contributed by atoms with van der Waals surface area (Å²) in [6, 6.07) is 0. The zero-order chi connectivity index (χ0) is 15.2. The van der Waals surface area contributed by atoms with Crippen molar-refractivity contribution in [2.45, 2.75) is 97.9 Å². The molecule has 0 aromatic carbocycles. The van der Waals surface area contributed by atoms with Crippen molar-refractivity contribution in [2.75, 3.05) is 0 Å². The van der Waals surface area contributed by atoms with Crippen molar-refractivity contribution in [1.29, 1.82) is 0 Å². The first kappa shape index (κ1) is 18.9. The van der Waals surface area contributed by atoms with Crippen LogP contribution in [0, 0.1) is 0 Å². The van der Waals surface area contributed by atoms with E-state index in [1.54, 1.807) is 0 Å². The molecular weight excluding hydrogens is 248 g/mol. The predicted molar refractivity (Wildman–Crippen MR) is 90.3 cm³/mol. The third-order valence-electron chi connectivity index (χ3n) is 4.24. The van der Waals surface area contributed by atoms with Crippen LogP contribution in [0.3, 0.4) is 0 Å². The van der Waals surface area contributed by atoms with Crippen molar-refractivity contribution in [3.05, 3.63) is 11.6 Å². The molecule has 19 heavy (non-hydrogen) atoms. The second-order valence-corrected chi connectivity index (χ2v) is 12.5. The summed E-state index contributed by atoms with van der Waals surface area (Å²) in [5.74, 6) is 0. The van der Waals surface area contributed by atoms with Crippen molar-refractivity contribution in [3.63, 3.8) is 0 Å². The smallest absolute Gasteiger partial charge is 0.200 e.